The van der Waals surface area contributed by atoms with Crippen molar-refractivity contribution in [3.63, 3.8) is 0 Å². The van der Waals surface area contributed by atoms with Crippen molar-refractivity contribution < 1.29 is 9.59 Å². The molecule has 0 radical (unpaired) electrons. The minimum Gasteiger partial charge on any atom is -0.323 e. The molecule has 2 spiro atoms. The Morgan fingerprint density at radius 3 is 2.33 bits per heavy atom. The minimum absolute atomic E-state index is 0. The Balaban J connectivity index is 0.000000853. The highest BCUT2D eigenvalue weighted by molar-refractivity contribution is 6.08. The molecule has 2 saturated heterocycles. The van der Waals surface area contributed by atoms with Crippen molar-refractivity contribution in [1.29, 1.82) is 0 Å². The van der Waals surface area contributed by atoms with E-state index in [9.17, 15) is 9.59 Å². The molecule has 0 aromatic carbocycles. The molecule has 84 valence electrons. The Kier molecular flexibility index (Phi) is 2.20. The van der Waals surface area contributed by atoms with E-state index in [1.807, 2.05) is 0 Å². The average molecular weight is 232 g/mol. The Morgan fingerprint density at radius 1 is 1.13 bits per heavy atom. The maximum Gasteiger partial charge on any atom is 0.322 e. The second kappa shape index (κ2) is 3.09. The molecule has 2 heterocycles. The van der Waals surface area contributed by atoms with E-state index in [-0.39, 0.29) is 29.8 Å². The number of imide groups is 1. The van der Waals surface area contributed by atoms with Crippen LogP contribution in [-0.2, 0) is 4.79 Å². The van der Waals surface area contributed by atoms with Gasteiger partial charge in [0.2, 0.25) is 0 Å². The molecule has 1 aliphatic carbocycles. The van der Waals surface area contributed by atoms with Crippen LogP contribution in [0.15, 0.2) is 0 Å². The maximum atomic E-state index is 11.8. The smallest absolute Gasteiger partial charge is 0.322 e. The molecule has 2 aliphatic heterocycles. The first-order valence-electron chi connectivity index (χ1n) is 5.03. The number of hydrogen-bond acceptors (Lipinski definition) is 3. The first-order valence-corrected chi connectivity index (χ1v) is 5.03. The Morgan fingerprint density at radius 2 is 1.87 bits per heavy atom. The monoisotopic (exact) mass is 231 g/mol. The van der Waals surface area contributed by atoms with Crippen LogP contribution in [0, 0.1) is 5.41 Å². The molecule has 3 aliphatic rings. The van der Waals surface area contributed by atoms with E-state index in [0.717, 1.165) is 32.4 Å². The number of amides is 3. The number of carbonyl (C=O) groups is 2. The lowest BCUT2D eigenvalue weighted by Gasteiger charge is -2.48. The lowest BCUT2D eigenvalue weighted by Crippen LogP contribution is -2.69. The third-order valence-electron chi connectivity index (χ3n) is 3.98. The van der Waals surface area contributed by atoms with Crippen LogP contribution in [0.4, 0.5) is 4.79 Å². The molecular weight excluding hydrogens is 218 g/mol. The van der Waals surface area contributed by atoms with Crippen molar-refractivity contribution in [2.75, 3.05) is 13.1 Å². The Bertz CT molecular complexity index is 329. The highest BCUT2D eigenvalue weighted by atomic mass is 35.5. The predicted molar refractivity (Wildman–Crippen MR) is 55.8 cm³/mol. The van der Waals surface area contributed by atoms with Crippen LogP contribution in [0.1, 0.15) is 19.3 Å². The van der Waals surface area contributed by atoms with E-state index in [4.69, 9.17) is 0 Å². The van der Waals surface area contributed by atoms with E-state index in [2.05, 4.69) is 16.0 Å². The number of carbonyl (C=O) groups excluding carboxylic acids is 2. The fourth-order valence-electron chi connectivity index (χ4n) is 3.12. The molecule has 3 rings (SSSR count). The van der Waals surface area contributed by atoms with Gasteiger partial charge in [-0.25, -0.2) is 4.79 Å². The summed E-state index contributed by atoms with van der Waals surface area (Å²) in [4.78, 5) is 23.0. The van der Waals surface area contributed by atoms with E-state index in [0.29, 0.717) is 0 Å². The molecule has 0 aromatic rings. The van der Waals surface area contributed by atoms with E-state index in [1.54, 1.807) is 0 Å². The third kappa shape index (κ3) is 1.08. The van der Waals surface area contributed by atoms with Gasteiger partial charge in [-0.05, 0) is 19.3 Å². The number of fused-ring (bicyclic) bond motifs is 1. The summed E-state index contributed by atoms with van der Waals surface area (Å²) in [7, 11) is 0. The maximum absolute atomic E-state index is 11.8. The molecule has 6 heteroatoms. The molecular formula is C9H14ClN3O2. The van der Waals surface area contributed by atoms with Gasteiger partial charge in [0.05, 0.1) is 0 Å². The molecule has 1 saturated carbocycles. The fourth-order valence-corrected chi connectivity index (χ4v) is 3.12. The van der Waals surface area contributed by atoms with Crippen LogP contribution >= 0.6 is 12.4 Å². The van der Waals surface area contributed by atoms with Gasteiger partial charge in [-0.15, -0.1) is 12.4 Å². The third-order valence-corrected chi connectivity index (χ3v) is 3.98. The summed E-state index contributed by atoms with van der Waals surface area (Å²) in [5.74, 6) is -0.124. The van der Waals surface area contributed by atoms with Crippen LogP contribution < -0.4 is 16.0 Å². The number of urea groups is 1. The molecule has 3 N–H and O–H groups in total. The zero-order valence-electron chi connectivity index (χ0n) is 8.26. The van der Waals surface area contributed by atoms with Crippen molar-refractivity contribution in [2.24, 2.45) is 5.41 Å². The molecule has 3 fully saturated rings. The Labute approximate surface area is 93.8 Å². The van der Waals surface area contributed by atoms with Crippen LogP contribution in [0.5, 0.6) is 0 Å². The van der Waals surface area contributed by atoms with Gasteiger partial charge in [0, 0.05) is 18.5 Å². The number of halogens is 1. The lowest BCUT2D eigenvalue weighted by atomic mass is 9.67. The van der Waals surface area contributed by atoms with Gasteiger partial charge in [-0.1, -0.05) is 0 Å². The summed E-state index contributed by atoms with van der Waals surface area (Å²) >= 11 is 0. The number of nitrogens with one attached hydrogen (secondary N) is 3. The first kappa shape index (κ1) is 10.7. The molecule has 0 bridgehead atoms. The van der Waals surface area contributed by atoms with E-state index < -0.39 is 5.54 Å². The SMILES string of the molecule is Cl.O=C1NC(=O)C2(CCCC23CNC3)N1. The summed E-state index contributed by atoms with van der Waals surface area (Å²) in [6.45, 7) is 1.70. The molecule has 15 heavy (non-hydrogen) atoms. The average Bonchev–Trinajstić information content (AvgIpc) is 2.54. The topological polar surface area (TPSA) is 70.2 Å². The summed E-state index contributed by atoms with van der Waals surface area (Å²) in [5, 5.41) is 8.39. The van der Waals surface area contributed by atoms with Gasteiger partial charge in [-0.2, -0.15) is 0 Å². The zero-order valence-corrected chi connectivity index (χ0v) is 9.08. The van der Waals surface area contributed by atoms with Gasteiger partial charge in [0.25, 0.3) is 5.91 Å². The number of rotatable bonds is 0. The second-order valence-corrected chi connectivity index (χ2v) is 4.55. The Hall–Kier alpha value is -0.810. The van der Waals surface area contributed by atoms with Crippen LogP contribution in [-0.4, -0.2) is 30.6 Å². The molecule has 1 unspecified atom stereocenters. The first-order chi connectivity index (χ1) is 6.69. The van der Waals surface area contributed by atoms with E-state index >= 15 is 0 Å². The molecule has 1 atom stereocenters. The number of hydrogen-bond donors (Lipinski definition) is 3. The van der Waals surface area contributed by atoms with Crippen molar-refractivity contribution in [2.45, 2.75) is 24.8 Å². The van der Waals surface area contributed by atoms with Gasteiger partial charge in [0.15, 0.2) is 0 Å². The van der Waals surface area contributed by atoms with Crippen molar-refractivity contribution >= 4 is 24.3 Å². The van der Waals surface area contributed by atoms with Gasteiger partial charge in [0.1, 0.15) is 5.54 Å². The molecule has 5 nitrogen and oxygen atoms in total. The van der Waals surface area contributed by atoms with Crippen molar-refractivity contribution in [3.05, 3.63) is 0 Å². The van der Waals surface area contributed by atoms with Crippen LogP contribution in [0.25, 0.3) is 0 Å². The van der Waals surface area contributed by atoms with Crippen molar-refractivity contribution in [3.8, 4) is 0 Å². The van der Waals surface area contributed by atoms with Gasteiger partial charge in [-0.3, -0.25) is 10.1 Å². The van der Waals surface area contributed by atoms with E-state index in [1.165, 1.54) is 0 Å². The summed E-state index contributed by atoms with van der Waals surface area (Å²) in [5.41, 5.74) is -0.613. The van der Waals surface area contributed by atoms with Gasteiger partial charge >= 0.3 is 6.03 Å². The summed E-state index contributed by atoms with van der Waals surface area (Å²) < 4.78 is 0. The summed E-state index contributed by atoms with van der Waals surface area (Å²) in [6, 6.07) is -0.330. The molecule has 0 aromatic heterocycles. The van der Waals surface area contributed by atoms with Crippen LogP contribution in [0.2, 0.25) is 0 Å². The second-order valence-electron chi connectivity index (χ2n) is 4.55. The van der Waals surface area contributed by atoms with Crippen molar-refractivity contribution in [1.82, 2.24) is 16.0 Å². The van der Waals surface area contributed by atoms with Gasteiger partial charge < -0.3 is 10.6 Å². The highest BCUT2D eigenvalue weighted by Gasteiger charge is 2.65. The zero-order chi connectivity index (χ0) is 9.81. The quantitative estimate of drug-likeness (QED) is 0.504. The summed E-state index contributed by atoms with van der Waals surface area (Å²) in [6.07, 6.45) is 2.84. The normalized spacial score (nSPS) is 36.0. The predicted octanol–water partition coefficient (Wildman–Crippen LogP) is -0.240. The largest absolute Gasteiger partial charge is 0.323 e. The van der Waals surface area contributed by atoms with Crippen LogP contribution in [0.3, 0.4) is 0 Å². The highest BCUT2D eigenvalue weighted by Crippen LogP contribution is 2.50. The minimum atomic E-state index is -0.602. The lowest BCUT2D eigenvalue weighted by molar-refractivity contribution is -0.129. The standard InChI is InChI=1S/C9H13N3O2.ClH/c13-6-9(12-7(14)11-6)3-1-2-8(9)4-10-5-8;/h10H,1-5H2,(H2,11,12,13,14);1H. The fraction of sp³-hybridized carbons (Fsp3) is 0.778. The molecule has 3 amide bonds.